The lowest BCUT2D eigenvalue weighted by molar-refractivity contribution is -0.122. The van der Waals surface area contributed by atoms with Gasteiger partial charge in [-0.2, -0.15) is 5.10 Å². The fraction of sp³-hybridized carbons (Fsp3) is 0.321. The average molecular weight is 506 g/mol. The summed E-state index contributed by atoms with van der Waals surface area (Å²) in [6.45, 7) is 7.70. The molecule has 182 valence electrons. The number of aryl methyl sites for hydroxylation is 1. The number of hydrogen-bond donors (Lipinski definition) is 0. The van der Waals surface area contributed by atoms with Crippen LogP contribution < -0.4 is 4.74 Å². The minimum atomic E-state index is -0.0248. The van der Waals surface area contributed by atoms with Gasteiger partial charge >= 0.3 is 0 Å². The van der Waals surface area contributed by atoms with Crippen LogP contribution in [-0.4, -0.2) is 38.1 Å². The number of ether oxygens (including phenoxy) is 1. The van der Waals surface area contributed by atoms with Gasteiger partial charge in [-0.05, 0) is 61.7 Å². The van der Waals surface area contributed by atoms with Crippen LogP contribution in [0.1, 0.15) is 50.7 Å². The third-order valence-corrected chi connectivity index (χ3v) is 7.26. The highest BCUT2D eigenvalue weighted by Gasteiger charge is 2.32. The molecule has 35 heavy (non-hydrogen) atoms. The summed E-state index contributed by atoms with van der Waals surface area (Å²) in [4.78, 5) is 15.4. The topological polar surface area (TPSA) is 47.4 Å². The smallest absolute Gasteiger partial charge is 0.266 e. The molecule has 7 heteroatoms. The Morgan fingerprint density at radius 1 is 1.09 bits per heavy atom. The van der Waals surface area contributed by atoms with Crippen LogP contribution in [0.2, 0.25) is 0 Å². The van der Waals surface area contributed by atoms with Crippen molar-refractivity contribution in [3.63, 3.8) is 0 Å². The van der Waals surface area contributed by atoms with Crippen LogP contribution in [0.4, 0.5) is 0 Å². The molecule has 0 bridgehead atoms. The summed E-state index contributed by atoms with van der Waals surface area (Å²) >= 11 is 6.87. The SMILES string of the molecule is CCCCOc1ccc(-c2nn(-c3ccccc3)cc2/C=C2\SC(=S)N(CCCC)C2=O)c(C)c1. The monoisotopic (exact) mass is 505 g/mol. The van der Waals surface area contributed by atoms with Crippen molar-refractivity contribution in [2.24, 2.45) is 0 Å². The lowest BCUT2D eigenvalue weighted by atomic mass is 10.0. The Kier molecular flexibility index (Phi) is 8.42. The zero-order valence-corrected chi connectivity index (χ0v) is 22.1. The summed E-state index contributed by atoms with van der Waals surface area (Å²) in [7, 11) is 0. The van der Waals surface area contributed by atoms with Crippen LogP contribution in [0, 0.1) is 6.92 Å². The molecule has 0 spiro atoms. The summed E-state index contributed by atoms with van der Waals surface area (Å²) in [6.07, 6.45) is 7.99. The Hall–Kier alpha value is -2.90. The van der Waals surface area contributed by atoms with Crippen molar-refractivity contribution in [3.05, 3.63) is 70.8 Å². The second-order valence-electron chi connectivity index (χ2n) is 8.58. The summed E-state index contributed by atoms with van der Waals surface area (Å²) in [5.41, 5.74) is 4.75. The minimum Gasteiger partial charge on any atom is -0.494 e. The maximum Gasteiger partial charge on any atom is 0.266 e. The van der Waals surface area contributed by atoms with Crippen molar-refractivity contribution in [1.82, 2.24) is 14.7 Å². The number of carbonyl (C=O) groups excluding carboxylic acids is 1. The van der Waals surface area contributed by atoms with Crippen molar-refractivity contribution >= 4 is 40.3 Å². The standard InChI is InChI=1S/C28H31N3O2S2/c1-4-6-15-30-27(32)25(35-28(30)34)18-21-19-31(22-11-9-8-10-12-22)29-26(21)24-14-13-23(17-20(24)3)33-16-7-5-2/h8-14,17-19H,4-7,15-16H2,1-3H3/b25-18-. The Balaban J connectivity index is 1.72. The van der Waals surface area contributed by atoms with Crippen molar-refractivity contribution in [3.8, 4) is 22.7 Å². The molecule has 1 aliphatic rings. The first-order valence-electron chi connectivity index (χ1n) is 12.2. The van der Waals surface area contributed by atoms with Crippen LogP contribution >= 0.6 is 24.0 Å². The summed E-state index contributed by atoms with van der Waals surface area (Å²) in [6, 6.07) is 16.1. The van der Waals surface area contributed by atoms with Crippen molar-refractivity contribution in [1.29, 1.82) is 0 Å². The second-order valence-corrected chi connectivity index (χ2v) is 10.3. The molecule has 1 aromatic heterocycles. The van der Waals surface area contributed by atoms with E-state index in [1.54, 1.807) is 4.90 Å². The lowest BCUT2D eigenvalue weighted by Gasteiger charge is -2.13. The Morgan fingerprint density at radius 2 is 1.86 bits per heavy atom. The molecular formula is C28H31N3O2S2. The van der Waals surface area contributed by atoms with E-state index in [1.807, 2.05) is 53.4 Å². The first kappa shape index (κ1) is 25.2. The minimum absolute atomic E-state index is 0.0248. The van der Waals surface area contributed by atoms with Gasteiger partial charge in [0, 0.05) is 23.9 Å². The van der Waals surface area contributed by atoms with Gasteiger partial charge in [0.1, 0.15) is 15.8 Å². The molecule has 4 rings (SSSR count). The van der Waals surface area contributed by atoms with Crippen LogP contribution in [0.3, 0.4) is 0 Å². The molecule has 2 heterocycles. The Labute approximate surface area is 217 Å². The van der Waals surface area contributed by atoms with E-state index in [-0.39, 0.29) is 5.91 Å². The molecule has 0 unspecified atom stereocenters. The second kappa shape index (κ2) is 11.7. The number of thiocarbonyl (C=S) groups is 1. The number of unbranched alkanes of at least 4 members (excludes halogenated alkanes) is 2. The highest BCUT2D eigenvalue weighted by molar-refractivity contribution is 8.26. The van der Waals surface area contributed by atoms with Gasteiger partial charge < -0.3 is 4.74 Å². The Morgan fingerprint density at radius 3 is 2.57 bits per heavy atom. The molecule has 1 saturated heterocycles. The molecule has 0 saturated carbocycles. The maximum absolute atomic E-state index is 13.1. The molecule has 1 amide bonds. The highest BCUT2D eigenvalue weighted by atomic mass is 32.2. The predicted octanol–water partition coefficient (Wildman–Crippen LogP) is 7.03. The molecule has 3 aromatic rings. The van der Waals surface area contributed by atoms with Gasteiger partial charge in [0.2, 0.25) is 0 Å². The van der Waals surface area contributed by atoms with E-state index in [9.17, 15) is 4.79 Å². The highest BCUT2D eigenvalue weighted by Crippen LogP contribution is 2.36. The Bertz CT molecular complexity index is 1230. The van der Waals surface area contributed by atoms with Crippen molar-refractivity contribution < 1.29 is 9.53 Å². The van der Waals surface area contributed by atoms with Crippen LogP contribution in [0.25, 0.3) is 23.0 Å². The largest absolute Gasteiger partial charge is 0.494 e. The van der Waals surface area contributed by atoms with Gasteiger partial charge in [-0.15, -0.1) is 0 Å². The quantitative estimate of drug-likeness (QED) is 0.168. The van der Waals surface area contributed by atoms with E-state index in [2.05, 4.69) is 32.9 Å². The van der Waals surface area contributed by atoms with Crippen LogP contribution in [0.15, 0.2) is 59.6 Å². The normalized spacial score (nSPS) is 14.8. The summed E-state index contributed by atoms with van der Waals surface area (Å²) in [5, 5.41) is 4.94. The number of hydrogen-bond acceptors (Lipinski definition) is 5. The summed E-state index contributed by atoms with van der Waals surface area (Å²) in [5.74, 6) is 0.837. The zero-order valence-electron chi connectivity index (χ0n) is 20.5. The number of aromatic nitrogens is 2. The number of carbonyl (C=O) groups is 1. The van der Waals surface area contributed by atoms with E-state index in [0.717, 1.165) is 59.5 Å². The average Bonchev–Trinajstić information content (AvgIpc) is 3.39. The van der Waals surface area contributed by atoms with Gasteiger partial charge in [0.05, 0.1) is 17.2 Å². The molecule has 5 nitrogen and oxygen atoms in total. The third kappa shape index (κ3) is 5.85. The van der Waals surface area contributed by atoms with Gasteiger partial charge in [-0.1, -0.05) is 68.9 Å². The summed E-state index contributed by atoms with van der Waals surface area (Å²) < 4.78 is 8.38. The fourth-order valence-electron chi connectivity index (χ4n) is 3.89. The van der Waals surface area contributed by atoms with E-state index in [0.29, 0.717) is 22.4 Å². The van der Waals surface area contributed by atoms with E-state index >= 15 is 0 Å². The molecular weight excluding hydrogens is 474 g/mol. The zero-order chi connectivity index (χ0) is 24.8. The predicted molar refractivity (Wildman–Crippen MR) is 149 cm³/mol. The van der Waals surface area contributed by atoms with Crippen molar-refractivity contribution in [2.45, 2.75) is 46.5 Å². The molecule has 0 N–H and O–H groups in total. The molecule has 1 fully saturated rings. The first-order valence-corrected chi connectivity index (χ1v) is 13.4. The number of thioether (sulfide) groups is 1. The number of amides is 1. The first-order chi connectivity index (χ1) is 17.0. The molecule has 1 aliphatic heterocycles. The number of benzene rings is 2. The molecule has 0 atom stereocenters. The van der Waals surface area contributed by atoms with Gasteiger partial charge in [-0.25, -0.2) is 4.68 Å². The van der Waals surface area contributed by atoms with E-state index < -0.39 is 0 Å². The molecule has 0 aliphatic carbocycles. The van der Waals surface area contributed by atoms with E-state index in [4.69, 9.17) is 22.1 Å². The number of nitrogens with zero attached hydrogens (tertiary/aromatic N) is 3. The van der Waals surface area contributed by atoms with Crippen molar-refractivity contribution in [2.75, 3.05) is 13.2 Å². The fourth-order valence-corrected chi connectivity index (χ4v) is 5.19. The van der Waals surface area contributed by atoms with Crippen LogP contribution in [0.5, 0.6) is 5.75 Å². The van der Waals surface area contributed by atoms with Crippen LogP contribution in [-0.2, 0) is 4.79 Å². The van der Waals surface area contributed by atoms with Gasteiger partial charge in [-0.3, -0.25) is 9.69 Å². The molecule has 2 aromatic carbocycles. The maximum atomic E-state index is 13.1. The van der Waals surface area contributed by atoms with E-state index in [1.165, 1.54) is 11.8 Å². The number of para-hydroxylation sites is 1. The molecule has 0 radical (unpaired) electrons. The number of rotatable bonds is 10. The third-order valence-electron chi connectivity index (χ3n) is 5.88. The lowest BCUT2D eigenvalue weighted by Crippen LogP contribution is -2.28. The van der Waals surface area contributed by atoms with Gasteiger partial charge in [0.25, 0.3) is 5.91 Å². The van der Waals surface area contributed by atoms with Gasteiger partial charge in [0.15, 0.2) is 0 Å².